The smallest absolute Gasteiger partial charge is 0.252 e. The van der Waals surface area contributed by atoms with E-state index in [9.17, 15) is 13.2 Å². The Hall–Kier alpha value is -2.63. The van der Waals surface area contributed by atoms with Crippen LogP contribution < -0.4 is 5.32 Å². The maximum Gasteiger partial charge on any atom is 0.252 e. The molecule has 0 aliphatic carbocycles. The minimum absolute atomic E-state index is 0.156. The van der Waals surface area contributed by atoms with E-state index in [1.165, 1.54) is 4.31 Å². The number of nitrogens with one attached hydrogen (secondary N) is 1. The summed E-state index contributed by atoms with van der Waals surface area (Å²) in [6.45, 7) is 2.77. The van der Waals surface area contributed by atoms with Gasteiger partial charge in [-0.15, -0.1) is 11.3 Å². The van der Waals surface area contributed by atoms with Crippen LogP contribution in [0.4, 0.5) is 0 Å². The number of amides is 1. The minimum atomic E-state index is -3.71. The standard InChI is InChI=1S/C20H23N5O4S2/c1-2-17-23-19(24-29-17)15-10-18(30-13-15)31(27,28)25-9-5-6-14(12-25)20(26)22-11-16-7-3-4-8-21-16/h3-4,7-8,10,13-14H,2,5-6,9,11-12H2,1H3,(H,22,26)/t14-/m1/s1. The van der Waals surface area contributed by atoms with Crippen molar-refractivity contribution in [2.24, 2.45) is 5.92 Å². The van der Waals surface area contributed by atoms with Gasteiger partial charge in [0.25, 0.3) is 10.0 Å². The molecular formula is C20H23N5O4S2. The first kappa shape index (κ1) is 21.6. The molecule has 0 unspecified atom stereocenters. The van der Waals surface area contributed by atoms with Gasteiger partial charge in [-0.05, 0) is 31.0 Å². The van der Waals surface area contributed by atoms with Crippen molar-refractivity contribution in [2.45, 2.75) is 36.9 Å². The Balaban J connectivity index is 1.43. The van der Waals surface area contributed by atoms with Crippen LogP contribution in [-0.2, 0) is 27.8 Å². The van der Waals surface area contributed by atoms with E-state index < -0.39 is 15.9 Å². The number of aromatic nitrogens is 3. The van der Waals surface area contributed by atoms with Crippen molar-refractivity contribution >= 4 is 27.3 Å². The topological polar surface area (TPSA) is 118 Å². The predicted molar refractivity (Wildman–Crippen MR) is 115 cm³/mol. The molecule has 1 aliphatic rings. The molecule has 11 heteroatoms. The van der Waals surface area contributed by atoms with Crippen LogP contribution in [0, 0.1) is 5.92 Å². The second-order valence-corrected chi connectivity index (χ2v) is 10.3. The molecule has 1 fully saturated rings. The zero-order valence-corrected chi connectivity index (χ0v) is 18.7. The van der Waals surface area contributed by atoms with Crippen LogP contribution in [-0.4, -0.2) is 46.8 Å². The molecule has 0 spiro atoms. The van der Waals surface area contributed by atoms with Gasteiger partial charge in [0.15, 0.2) is 0 Å². The van der Waals surface area contributed by atoms with E-state index in [0.717, 1.165) is 17.0 Å². The summed E-state index contributed by atoms with van der Waals surface area (Å²) < 4.78 is 33.1. The van der Waals surface area contributed by atoms with Crippen molar-refractivity contribution in [2.75, 3.05) is 13.1 Å². The first-order valence-electron chi connectivity index (χ1n) is 10.1. The number of thiophene rings is 1. The van der Waals surface area contributed by atoms with Crippen molar-refractivity contribution < 1.29 is 17.7 Å². The van der Waals surface area contributed by atoms with Gasteiger partial charge in [0.2, 0.25) is 17.6 Å². The highest BCUT2D eigenvalue weighted by Crippen LogP contribution is 2.31. The third kappa shape index (κ3) is 4.83. The van der Waals surface area contributed by atoms with Crippen LogP contribution in [0.1, 0.15) is 31.4 Å². The van der Waals surface area contributed by atoms with E-state index >= 15 is 0 Å². The summed E-state index contributed by atoms with van der Waals surface area (Å²) in [4.78, 5) is 21.1. The summed E-state index contributed by atoms with van der Waals surface area (Å²) in [6, 6.07) is 7.07. The Morgan fingerprint density at radius 1 is 1.39 bits per heavy atom. The second kappa shape index (κ2) is 9.25. The van der Waals surface area contributed by atoms with Gasteiger partial charge >= 0.3 is 0 Å². The van der Waals surface area contributed by atoms with E-state index in [0.29, 0.717) is 49.6 Å². The fourth-order valence-electron chi connectivity index (χ4n) is 3.41. The molecule has 31 heavy (non-hydrogen) atoms. The van der Waals surface area contributed by atoms with Crippen molar-refractivity contribution in [3.05, 3.63) is 47.4 Å². The average molecular weight is 462 g/mol. The lowest BCUT2D eigenvalue weighted by molar-refractivity contribution is -0.126. The summed E-state index contributed by atoms with van der Waals surface area (Å²) in [5.74, 6) is 0.327. The zero-order chi connectivity index (χ0) is 21.8. The number of sulfonamides is 1. The Morgan fingerprint density at radius 2 is 2.26 bits per heavy atom. The van der Waals surface area contributed by atoms with Crippen molar-refractivity contribution in [3.63, 3.8) is 0 Å². The van der Waals surface area contributed by atoms with Gasteiger partial charge in [0.1, 0.15) is 4.21 Å². The molecule has 0 bridgehead atoms. The summed E-state index contributed by atoms with van der Waals surface area (Å²) in [6.07, 6.45) is 3.56. The molecular weight excluding hydrogens is 438 g/mol. The molecule has 0 aromatic carbocycles. The van der Waals surface area contributed by atoms with Gasteiger partial charge in [-0.25, -0.2) is 8.42 Å². The number of hydrogen-bond donors (Lipinski definition) is 1. The van der Waals surface area contributed by atoms with E-state index in [4.69, 9.17) is 4.52 Å². The third-order valence-electron chi connectivity index (χ3n) is 5.12. The maximum atomic E-state index is 13.2. The summed E-state index contributed by atoms with van der Waals surface area (Å²) in [7, 11) is -3.71. The van der Waals surface area contributed by atoms with Gasteiger partial charge in [-0.3, -0.25) is 9.78 Å². The zero-order valence-electron chi connectivity index (χ0n) is 17.0. The predicted octanol–water partition coefficient (Wildman–Crippen LogP) is 2.47. The maximum absolute atomic E-state index is 13.2. The van der Waals surface area contributed by atoms with E-state index in [2.05, 4.69) is 20.4 Å². The molecule has 3 aromatic rings. The Bertz CT molecular complexity index is 1140. The number of carbonyl (C=O) groups excluding carboxylic acids is 1. The molecule has 0 radical (unpaired) electrons. The lowest BCUT2D eigenvalue weighted by Gasteiger charge is -2.30. The number of piperidine rings is 1. The molecule has 4 rings (SSSR count). The Labute approximate surface area is 184 Å². The summed E-state index contributed by atoms with van der Waals surface area (Å²) in [5.41, 5.74) is 1.36. The van der Waals surface area contributed by atoms with E-state index in [1.807, 2.05) is 25.1 Å². The molecule has 9 nitrogen and oxygen atoms in total. The first-order chi connectivity index (χ1) is 15.0. The van der Waals surface area contributed by atoms with Crippen LogP contribution in [0.5, 0.6) is 0 Å². The monoisotopic (exact) mass is 461 g/mol. The average Bonchev–Trinajstić information content (AvgIpc) is 3.48. The highest BCUT2D eigenvalue weighted by Gasteiger charge is 2.34. The highest BCUT2D eigenvalue weighted by molar-refractivity contribution is 7.91. The Morgan fingerprint density at radius 3 is 3.00 bits per heavy atom. The second-order valence-electron chi connectivity index (χ2n) is 7.26. The molecule has 0 saturated carbocycles. The van der Waals surface area contributed by atoms with Crippen LogP contribution >= 0.6 is 11.3 Å². The van der Waals surface area contributed by atoms with Gasteiger partial charge < -0.3 is 9.84 Å². The van der Waals surface area contributed by atoms with Crippen LogP contribution in [0.2, 0.25) is 0 Å². The number of rotatable bonds is 7. The van der Waals surface area contributed by atoms with Gasteiger partial charge in [0.05, 0.1) is 18.2 Å². The minimum Gasteiger partial charge on any atom is -0.350 e. The lowest BCUT2D eigenvalue weighted by atomic mass is 9.99. The summed E-state index contributed by atoms with van der Waals surface area (Å²) in [5, 5.41) is 8.47. The fraction of sp³-hybridized carbons (Fsp3) is 0.400. The molecule has 3 aromatic heterocycles. The highest BCUT2D eigenvalue weighted by atomic mass is 32.2. The molecule has 1 atom stereocenters. The number of hydrogen-bond acceptors (Lipinski definition) is 8. The number of pyridine rings is 1. The summed E-state index contributed by atoms with van der Waals surface area (Å²) >= 11 is 1.12. The van der Waals surface area contributed by atoms with Gasteiger partial charge in [-0.1, -0.05) is 18.1 Å². The number of aryl methyl sites for hydroxylation is 1. The van der Waals surface area contributed by atoms with Crippen LogP contribution in [0.3, 0.4) is 0 Å². The molecule has 1 saturated heterocycles. The van der Waals surface area contributed by atoms with Crippen LogP contribution in [0.25, 0.3) is 11.4 Å². The van der Waals surface area contributed by atoms with Crippen molar-refractivity contribution in [3.8, 4) is 11.4 Å². The first-order valence-corrected chi connectivity index (χ1v) is 12.4. The van der Waals surface area contributed by atoms with Gasteiger partial charge in [0, 0.05) is 36.7 Å². The third-order valence-corrected chi connectivity index (χ3v) is 8.40. The van der Waals surface area contributed by atoms with Crippen LogP contribution in [0.15, 0.2) is 44.6 Å². The molecule has 1 N–H and O–H groups in total. The molecule has 4 heterocycles. The fourth-order valence-corrected chi connectivity index (χ4v) is 6.25. The van der Waals surface area contributed by atoms with Gasteiger partial charge in [-0.2, -0.15) is 9.29 Å². The molecule has 1 aliphatic heterocycles. The molecule has 164 valence electrons. The van der Waals surface area contributed by atoms with Crippen molar-refractivity contribution in [1.29, 1.82) is 0 Å². The quantitative estimate of drug-likeness (QED) is 0.574. The van der Waals surface area contributed by atoms with E-state index in [-0.39, 0.29) is 16.7 Å². The normalized spacial score (nSPS) is 17.5. The largest absolute Gasteiger partial charge is 0.350 e. The molecule has 1 amide bonds. The Kier molecular flexibility index (Phi) is 6.44. The number of carbonyl (C=O) groups is 1. The lowest BCUT2D eigenvalue weighted by Crippen LogP contribution is -2.45. The van der Waals surface area contributed by atoms with Crippen molar-refractivity contribution in [1.82, 2.24) is 24.7 Å². The van der Waals surface area contributed by atoms with E-state index in [1.54, 1.807) is 17.6 Å². The number of nitrogens with zero attached hydrogens (tertiary/aromatic N) is 4. The SMILES string of the molecule is CCc1nc(-c2csc(S(=O)(=O)N3CCC[C@@H](C(=O)NCc4ccccn4)C3)c2)no1.